The van der Waals surface area contributed by atoms with Crippen molar-refractivity contribution in [2.45, 2.75) is 44.9 Å². The van der Waals surface area contributed by atoms with Gasteiger partial charge in [-0.1, -0.05) is 17.3 Å². The van der Waals surface area contributed by atoms with Crippen molar-refractivity contribution in [2.24, 2.45) is 0 Å². The van der Waals surface area contributed by atoms with Crippen molar-refractivity contribution in [3.63, 3.8) is 0 Å². The summed E-state index contributed by atoms with van der Waals surface area (Å²) < 4.78 is 16.3. The first kappa shape index (κ1) is 15.7. The molecule has 1 N–H and O–H groups in total. The van der Waals surface area contributed by atoms with Gasteiger partial charge in [0.1, 0.15) is 30.2 Å². The minimum absolute atomic E-state index is 0.00712. The van der Waals surface area contributed by atoms with Crippen LogP contribution in [0.5, 0.6) is 5.75 Å². The number of nitrogens with one attached hydrogen (secondary N) is 1. The van der Waals surface area contributed by atoms with Crippen molar-refractivity contribution in [1.29, 1.82) is 0 Å². The first-order valence-electron chi connectivity index (χ1n) is 8.30. The monoisotopic (exact) mass is 342 g/mol. The SMILES string of the molecule is CC1Cc2ccc(-c3cc(COC(=O)C4CCC(=O)N4)no3)cc2O1. The van der Waals surface area contributed by atoms with Crippen molar-refractivity contribution < 1.29 is 23.6 Å². The van der Waals surface area contributed by atoms with E-state index in [1.807, 2.05) is 25.1 Å². The second kappa shape index (κ2) is 6.23. The molecule has 0 spiro atoms. The van der Waals surface area contributed by atoms with Crippen LogP contribution in [0, 0.1) is 0 Å². The summed E-state index contributed by atoms with van der Waals surface area (Å²) in [5, 5.41) is 6.51. The van der Waals surface area contributed by atoms with Crippen LogP contribution in [0.3, 0.4) is 0 Å². The summed E-state index contributed by atoms with van der Waals surface area (Å²) in [5.74, 6) is 0.881. The zero-order chi connectivity index (χ0) is 17.4. The number of rotatable bonds is 4. The van der Waals surface area contributed by atoms with Gasteiger partial charge in [-0.05, 0) is 25.0 Å². The van der Waals surface area contributed by atoms with Gasteiger partial charge < -0.3 is 19.3 Å². The molecule has 2 atom stereocenters. The maximum absolute atomic E-state index is 11.9. The highest BCUT2D eigenvalue weighted by molar-refractivity contribution is 5.88. The van der Waals surface area contributed by atoms with Crippen LogP contribution in [-0.2, 0) is 27.4 Å². The molecular formula is C18H18N2O5. The Morgan fingerprint density at radius 3 is 3.08 bits per heavy atom. The second-order valence-corrected chi connectivity index (χ2v) is 6.40. The molecule has 2 aliphatic rings. The van der Waals surface area contributed by atoms with E-state index in [4.69, 9.17) is 14.0 Å². The molecule has 1 amide bonds. The molecule has 2 unspecified atom stereocenters. The van der Waals surface area contributed by atoms with E-state index < -0.39 is 12.0 Å². The minimum Gasteiger partial charge on any atom is -0.490 e. The van der Waals surface area contributed by atoms with E-state index in [0.29, 0.717) is 24.3 Å². The topological polar surface area (TPSA) is 90.7 Å². The van der Waals surface area contributed by atoms with Crippen LogP contribution in [0.4, 0.5) is 0 Å². The van der Waals surface area contributed by atoms with E-state index in [1.54, 1.807) is 6.07 Å². The van der Waals surface area contributed by atoms with Gasteiger partial charge in [-0.15, -0.1) is 0 Å². The van der Waals surface area contributed by atoms with Crippen molar-refractivity contribution in [2.75, 3.05) is 0 Å². The van der Waals surface area contributed by atoms with Gasteiger partial charge in [0.15, 0.2) is 5.76 Å². The van der Waals surface area contributed by atoms with Crippen LogP contribution in [0.1, 0.15) is 31.0 Å². The maximum atomic E-state index is 11.9. The van der Waals surface area contributed by atoms with Gasteiger partial charge >= 0.3 is 5.97 Å². The lowest BCUT2D eigenvalue weighted by atomic mass is 10.1. The lowest BCUT2D eigenvalue weighted by molar-refractivity contribution is -0.147. The lowest BCUT2D eigenvalue weighted by Crippen LogP contribution is -2.34. The molecule has 2 aromatic rings. The molecule has 0 saturated carbocycles. The molecule has 1 saturated heterocycles. The second-order valence-electron chi connectivity index (χ2n) is 6.40. The van der Waals surface area contributed by atoms with Gasteiger partial charge in [-0.2, -0.15) is 0 Å². The molecule has 25 heavy (non-hydrogen) atoms. The van der Waals surface area contributed by atoms with Crippen molar-refractivity contribution in [1.82, 2.24) is 10.5 Å². The van der Waals surface area contributed by atoms with E-state index in [0.717, 1.165) is 17.7 Å². The fraction of sp³-hybridized carbons (Fsp3) is 0.389. The number of hydrogen-bond acceptors (Lipinski definition) is 6. The predicted molar refractivity (Wildman–Crippen MR) is 86.7 cm³/mol. The molecule has 7 nitrogen and oxygen atoms in total. The number of hydrogen-bond donors (Lipinski definition) is 1. The standard InChI is InChI=1S/C18H18N2O5/c1-10-6-11-2-3-12(7-15(11)24-10)16-8-13(20-25-16)9-23-18(22)14-4-5-17(21)19-14/h2-3,7-8,10,14H,4-6,9H2,1H3,(H,19,21). The smallest absolute Gasteiger partial charge is 0.329 e. The highest BCUT2D eigenvalue weighted by Gasteiger charge is 2.28. The first-order valence-corrected chi connectivity index (χ1v) is 8.30. The lowest BCUT2D eigenvalue weighted by Gasteiger charge is -2.08. The summed E-state index contributed by atoms with van der Waals surface area (Å²) in [5.41, 5.74) is 2.56. The molecule has 1 aromatic heterocycles. The Balaban J connectivity index is 1.40. The van der Waals surface area contributed by atoms with Crippen LogP contribution in [0.15, 0.2) is 28.8 Å². The number of ether oxygens (including phenoxy) is 2. The number of esters is 1. The number of carbonyl (C=O) groups is 2. The molecule has 1 fully saturated rings. The van der Waals surface area contributed by atoms with E-state index in [1.165, 1.54) is 5.56 Å². The average molecular weight is 342 g/mol. The highest BCUT2D eigenvalue weighted by atomic mass is 16.5. The summed E-state index contributed by atoms with van der Waals surface area (Å²) >= 11 is 0. The molecule has 4 rings (SSSR count). The number of fused-ring (bicyclic) bond motifs is 1. The predicted octanol–water partition coefficient (Wildman–Crippen LogP) is 1.99. The molecule has 3 heterocycles. The Labute approximate surface area is 144 Å². The van der Waals surface area contributed by atoms with E-state index >= 15 is 0 Å². The number of amides is 1. The highest BCUT2D eigenvalue weighted by Crippen LogP contribution is 2.33. The Kier molecular flexibility index (Phi) is 3.91. The number of aromatic nitrogens is 1. The number of benzene rings is 1. The summed E-state index contributed by atoms with van der Waals surface area (Å²) in [6, 6.07) is 7.10. The van der Waals surface area contributed by atoms with E-state index in [2.05, 4.69) is 10.5 Å². The zero-order valence-corrected chi connectivity index (χ0v) is 13.8. The van der Waals surface area contributed by atoms with E-state index in [9.17, 15) is 9.59 Å². The Bertz CT molecular complexity index is 829. The van der Waals surface area contributed by atoms with Crippen LogP contribution >= 0.6 is 0 Å². The molecular weight excluding hydrogens is 324 g/mol. The third kappa shape index (κ3) is 3.22. The van der Waals surface area contributed by atoms with Gasteiger partial charge in [0, 0.05) is 24.5 Å². The average Bonchev–Trinajstić information content (AvgIpc) is 3.30. The van der Waals surface area contributed by atoms with Gasteiger partial charge in [-0.3, -0.25) is 4.79 Å². The van der Waals surface area contributed by atoms with Crippen LogP contribution in [0.2, 0.25) is 0 Å². The van der Waals surface area contributed by atoms with Gasteiger partial charge in [0.25, 0.3) is 0 Å². The third-order valence-electron chi connectivity index (χ3n) is 4.39. The molecule has 0 radical (unpaired) electrons. The van der Waals surface area contributed by atoms with Crippen LogP contribution in [0.25, 0.3) is 11.3 Å². The third-order valence-corrected chi connectivity index (χ3v) is 4.39. The van der Waals surface area contributed by atoms with Crippen molar-refractivity contribution in [3.05, 3.63) is 35.5 Å². The Morgan fingerprint density at radius 1 is 1.40 bits per heavy atom. The summed E-state index contributed by atoms with van der Waals surface area (Å²) in [4.78, 5) is 23.0. The number of nitrogens with zero attached hydrogens (tertiary/aromatic N) is 1. The van der Waals surface area contributed by atoms with Crippen molar-refractivity contribution in [3.8, 4) is 17.1 Å². The van der Waals surface area contributed by atoms with Gasteiger partial charge in [-0.25, -0.2) is 4.79 Å². The molecule has 7 heteroatoms. The van der Waals surface area contributed by atoms with Crippen molar-refractivity contribution >= 4 is 11.9 Å². The quantitative estimate of drug-likeness (QED) is 0.855. The normalized spacial score (nSPS) is 21.6. The molecule has 130 valence electrons. The fourth-order valence-corrected chi connectivity index (χ4v) is 3.11. The Morgan fingerprint density at radius 2 is 2.28 bits per heavy atom. The number of carbonyl (C=O) groups excluding carboxylic acids is 2. The summed E-state index contributed by atoms with van der Waals surface area (Å²) in [6.45, 7) is 2.04. The largest absolute Gasteiger partial charge is 0.490 e. The first-order chi connectivity index (χ1) is 12.1. The van der Waals surface area contributed by atoms with Crippen LogP contribution < -0.4 is 10.1 Å². The summed E-state index contributed by atoms with van der Waals surface area (Å²) in [7, 11) is 0. The fourth-order valence-electron chi connectivity index (χ4n) is 3.11. The minimum atomic E-state index is -0.560. The molecule has 0 aliphatic carbocycles. The Hall–Kier alpha value is -2.83. The summed E-state index contributed by atoms with van der Waals surface area (Å²) in [6.07, 6.45) is 1.92. The molecule has 1 aromatic carbocycles. The van der Waals surface area contributed by atoms with E-state index in [-0.39, 0.29) is 18.6 Å². The van der Waals surface area contributed by atoms with Gasteiger partial charge in [0.2, 0.25) is 5.91 Å². The maximum Gasteiger partial charge on any atom is 0.329 e. The molecule has 0 bridgehead atoms. The van der Waals surface area contributed by atoms with Gasteiger partial charge in [0.05, 0.1) is 0 Å². The molecule has 2 aliphatic heterocycles. The zero-order valence-electron chi connectivity index (χ0n) is 13.8. The van der Waals surface area contributed by atoms with Crippen LogP contribution in [-0.4, -0.2) is 29.2 Å².